The van der Waals surface area contributed by atoms with E-state index in [4.69, 9.17) is 11.6 Å². The zero-order valence-electron chi connectivity index (χ0n) is 18.0. The monoisotopic (exact) mass is 468 g/mol. The summed E-state index contributed by atoms with van der Waals surface area (Å²) in [4.78, 5) is 33.5. The van der Waals surface area contributed by atoms with Gasteiger partial charge in [0.1, 0.15) is 0 Å². The highest BCUT2D eigenvalue weighted by Gasteiger charge is 2.29. The molecule has 0 bridgehead atoms. The van der Waals surface area contributed by atoms with Gasteiger partial charge >= 0.3 is 0 Å². The molecule has 0 unspecified atom stereocenters. The molecule has 4 heterocycles. The minimum Gasteiger partial charge on any atom is -0.314 e. The van der Waals surface area contributed by atoms with Crippen molar-refractivity contribution in [3.8, 4) is 11.1 Å². The fourth-order valence-corrected chi connectivity index (χ4v) is 5.95. The van der Waals surface area contributed by atoms with Crippen molar-refractivity contribution in [2.75, 3.05) is 26.2 Å². The molecule has 0 atom stereocenters. The van der Waals surface area contributed by atoms with Crippen LogP contribution in [0.25, 0.3) is 21.3 Å². The molecule has 3 aromatic rings. The van der Waals surface area contributed by atoms with Gasteiger partial charge in [0.25, 0.3) is 0 Å². The molecule has 0 saturated carbocycles. The third-order valence-corrected chi connectivity index (χ3v) is 7.61. The van der Waals surface area contributed by atoms with E-state index in [9.17, 15) is 9.59 Å². The summed E-state index contributed by atoms with van der Waals surface area (Å²) in [6.07, 6.45) is 2.44. The molecule has 2 aliphatic rings. The van der Waals surface area contributed by atoms with Crippen LogP contribution in [0, 0.1) is 6.92 Å². The van der Waals surface area contributed by atoms with Crippen LogP contribution in [-0.4, -0.2) is 52.8 Å². The van der Waals surface area contributed by atoms with Crippen LogP contribution in [0.5, 0.6) is 0 Å². The number of piperazine rings is 1. The highest BCUT2D eigenvalue weighted by atomic mass is 35.5. The largest absolute Gasteiger partial charge is 0.314 e. The van der Waals surface area contributed by atoms with Gasteiger partial charge in [-0.05, 0) is 47.9 Å². The molecule has 0 radical (unpaired) electrons. The van der Waals surface area contributed by atoms with Gasteiger partial charge in [0, 0.05) is 67.2 Å². The quantitative estimate of drug-likeness (QED) is 0.574. The van der Waals surface area contributed by atoms with Crippen molar-refractivity contribution in [1.82, 2.24) is 20.1 Å². The molecule has 0 aliphatic carbocycles. The maximum Gasteiger partial charge on any atom is 0.230 e. The number of hydrogen-bond donors (Lipinski definition) is 1. The standard InChI is InChI=1S/C24H25ClN4O2S/c1-15-10-16(25)11-19(20(15)14-28-8-6-26-7-9-28)18-4-5-27-21-12-17(32-24(18)21)13-29-22(30)2-3-23(29)31/h4-5,10-12,26H,2-3,6-9,13-14H2,1H3. The van der Waals surface area contributed by atoms with E-state index in [1.54, 1.807) is 11.3 Å². The number of rotatable bonds is 5. The third kappa shape index (κ3) is 4.18. The fourth-order valence-electron chi connectivity index (χ4n) is 4.55. The summed E-state index contributed by atoms with van der Waals surface area (Å²) in [5.41, 5.74) is 5.57. The van der Waals surface area contributed by atoms with Crippen molar-refractivity contribution in [1.29, 1.82) is 0 Å². The molecule has 1 N–H and O–H groups in total. The lowest BCUT2D eigenvalue weighted by molar-refractivity contribution is -0.138. The summed E-state index contributed by atoms with van der Waals surface area (Å²) in [5.74, 6) is -0.186. The number of amides is 2. The number of thiophene rings is 1. The number of hydrogen-bond acceptors (Lipinski definition) is 6. The molecule has 8 heteroatoms. The number of carbonyl (C=O) groups is 2. The number of halogens is 1. The van der Waals surface area contributed by atoms with Crippen LogP contribution >= 0.6 is 22.9 Å². The smallest absolute Gasteiger partial charge is 0.230 e. The zero-order valence-corrected chi connectivity index (χ0v) is 19.6. The zero-order chi connectivity index (χ0) is 22.2. The molecule has 2 fully saturated rings. The van der Waals surface area contributed by atoms with Gasteiger partial charge in [-0.15, -0.1) is 11.3 Å². The summed E-state index contributed by atoms with van der Waals surface area (Å²) < 4.78 is 1.06. The number of nitrogens with zero attached hydrogens (tertiary/aromatic N) is 3. The van der Waals surface area contributed by atoms with Gasteiger partial charge in [-0.3, -0.25) is 24.4 Å². The first-order valence-corrected chi connectivity index (χ1v) is 12.1. The van der Waals surface area contributed by atoms with Crippen molar-refractivity contribution in [2.24, 2.45) is 0 Å². The summed E-state index contributed by atoms with van der Waals surface area (Å²) in [5, 5.41) is 4.13. The molecule has 2 saturated heterocycles. The SMILES string of the molecule is Cc1cc(Cl)cc(-c2ccnc3cc(CN4C(=O)CCC4=O)sc23)c1CN1CCNCC1. The average Bonchev–Trinajstić information content (AvgIpc) is 3.34. The molecule has 2 amide bonds. The van der Waals surface area contributed by atoms with Crippen molar-refractivity contribution in [2.45, 2.75) is 32.9 Å². The lowest BCUT2D eigenvalue weighted by Gasteiger charge is -2.29. The van der Waals surface area contributed by atoms with E-state index in [2.05, 4.69) is 22.1 Å². The Morgan fingerprint density at radius 2 is 1.81 bits per heavy atom. The Labute approximate surface area is 196 Å². The first kappa shape index (κ1) is 21.5. The van der Waals surface area contributed by atoms with E-state index in [0.29, 0.717) is 19.4 Å². The van der Waals surface area contributed by atoms with Gasteiger partial charge in [0.05, 0.1) is 16.8 Å². The Kier molecular flexibility index (Phi) is 5.99. The van der Waals surface area contributed by atoms with Gasteiger partial charge in [0.15, 0.2) is 0 Å². The number of fused-ring (bicyclic) bond motifs is 1. The molecule has 2 aromatic heterocycles. The summed E-state index contributed by atoms with van der Waals surface area (Å²) >= 11 is 8.10. The Hall–Kier alpha value is -2.32. The van der Waals surface area contributed by atoms with Gasteiger partial charge in [-0.2, -0.15) is 0 Å². The van der Waals surface area contributed by atoms with Crippen LogP contribution in [0.4, 0.5) is 0 Å². The molecule has 1 aromatic carbocycles. The molecule has 166 valence electrons. The minimum absolute atomic E-state index is 0.0931. The number of nitrogens with one attached hydrogen (secondary N) is 1. The van der Waals surface area contributed by atoms with E-state index >= 15 is 0 Å². The van der Waals surface area contributed by atoms with Crippen molar-refractivity contribution in [3.05, 3.63) is 51.5 Å². The van der Waals surface area contributed by atoms with E-state index in [1.165, 1.54) is 16.0 Å². The number of pyridine rings is 1. The minimum atomic E-state index is -0.0931. The van der Waals surface area contributed by atoms with Crippen LogP contribution < -0.4 is 5.32 Å². The first-order chi connectivity index (χ1) is 15.5. The normalized spacial score (nSPS) is 17.6. The van der Waals surface area contributed by atoms with Crippen LogP contribution in [0.2, 0.25) is 5.02 Å². The molecule has 5 rings (SSSR count). The average molecular weight is 469 g/mol. The molecule has 6 nitrogen and oxygen atoms in total. The van der Waals surface area contributed by atoms with Gasteiger partial charge in [-0.25, -0.2) is 0 Å². The molecular weight excluding hydrogens is 444 g/mol. The number of aromatic nitrogens is 1. The third-order valence-electron chi connectivity index (χ3n) is 6.25. The predicted molar refractivity (Wildman–Crippen MR) is 128 cm³/mol. The van der Waals surface area contributed by atoms with E-state index < -0.39 is 0 Å². The Balaban J connectivity index is 1.55. The second kappa shape index (κ2) is 8.90. The number of benzene rings is 1. The van der Waals surface area contributed by atoms with Gasteiger partial charge < -0.3 is 5.32 Å². The number of imide groups is 1. The number of aryl methyl sites for hydroxylation is 1. The van der Waals surface area contributed by atoms with Crippen molar-refractivity contribution >= 4 is 45.0 Å². The van der Waals surface area contributed by atoms with Crippen LogP contribution in [0.3, 0.4) is 0 Å². The lowest BCUT2D eigenvalue weighted by atomic mass is 9.95. The Morgan fingerprint density at radius 1 is 1.06 bits per heavy atom. The van der Waals surface area contributed by atoms with Crippen molar-refractivity contribution < 1.29 is 9.59 Å². The first-order valence-electron chi connectivity index (χ1n) is 10.9. The fraction of sp³-hybridized carbons (Fsp3) is 0.375. The van der Waals surface area contributed by atoms with E-state index in [0.717, 1.165) is 64.0 Å². The molecule has 2 aliphatic heterocycles. The second-order valence-electron chi connectivity index (χ2n) is 8.43. The lowest BCUT2D eigenvalue weighted by Crippen LogP contribution is -2.43. The highest BCUT2D eigenvalue weighted by molar-refractivity contribution is 7.19. The van der Waals surface area contributed by atoms with E-state index in [-0.39, 0.29) is 11.8 Å². The van der Waals surface area contributed by atoms with Crippen molar-refractivity contribution in [3.63, 3.8) is 0 Å². The summed E-state index contributed by atoms with van der Waals surface area (Å²) in [6, 6.07) is 8.12. The topological polar surface area (TPSA) is 65.5 Å². The summed E-state index contributed by atoms with van der Waals surface area (Å²) in [7, 11) is 0. The van der Waals surface area contributed by atoms with Gasteiger partial charge in [0.2, 0.25) is 11.8 Å². The maximum absolute atomic E-state index is 12.1. The summed E-state index contributed by atoms with van der Waals surface area (Å²) in [6.45, 7) is 7.37. The second-order valence-corrected chi connectivity index (χ2v) is 10.0. The molecule has 0 spiro atoms. The van der Waals surface area contributed by atoms with Crippen LogP contribution in [-0.2, 0) is 22.7 Å². The highest BCUT2D eigenvalue weighted by Crippen LogP contribution is 2.38. The molecular formula is C24H25ClN4O2S. The molecule has 32 heavy (non-hydrogen) atoms. The van der Waals surface area contributed by atoms with Crippen LogP contribution in [0.15, 0.2) is 30.5 Å². The Morgan fingerprint density at radius 3 is 2.56 bits per heavy atom. The maximum atomic E-state index is 12.1. The van der Waals surface area contributed by atoms with Gasteiger partial charge in [-0.1, -0.05) is 11.6 Å². The number of likely N-dealkylation sites (tertiary alicyclic amines) is 1. The van der Waals surface area contributed by atoms with E-state index in [1.807, 2.05) is 30.5 Å². The number of carbonyl (C=O) groups excluding carboxylic acids is 2. The predicted octanol–water partition coefficient (Wildman–Crippen LogP) is 3.98. The van der Waals surface area contributed by atoms with Crippen LogP contribution in [0.1, 0.15) is 28.8 Å². The Bertz CT molecular complexity index is 1190.